The summed E-state index contributed by atoms with van der Waals surface area (Å²) in [6.45, 7) is 8.66. The summed E-state index contributed by atoms with van der Waals surface area (Å²) in [4.78, 5) is 24.3. The summed E-state index contributed by atoms with van der Waals surface area (Å²) in [6, 6.07) is 21.8. The first-order valence-electron chi connectivity index (χ1n) is 14.4. The topological polar surface area (TPSA) is 100 Å². The summed E-state index contributed by atoms with van der Waals surface area (Å²) in [5.74, 6) is 0.629. The number of anilines is 1. The fourth-order valence-electron chi connectivity index (χ4n) is 5.24. The fraction of sp³-hybridized carbons (Fsp3) is 0.294. The molecule has 4 aromatic rings. The monoisotopic (exact) mass is 595 g/mol. The number of esters is 1. The molecule has 0 spiro atoms. The Labute approximate surface area is 257 Å². The van der Waals surface area contributed by atoms with Crippen LogP contribution in [0.3, 0.4) is 0 Å². The number of rotatable bonds is 9. The van der Waals surface area contributed by atoms with E-state index in [1.165, 1.54) is 11.8 Å². The van der Waals surface area contributed by atoms with E-state index in [4.69, 9.17) is 26.3 Å². The zero-order valence-electron chi connectivity index (χ0n) is 24.6. The zero-order valence-corrected chi connectivity index (χ0v) is 25.3. The van der Waals surface area contributed by atoms with Gasteiger partial charge >= 0.3 is 5.97 Å². The molecule has 0 bridgehead atoms. The van der Waals surface area contributed by atoms with Crippen molar-refractivity contribution in [2.75, 3.05) is 25.0 Å². The molecule has 0 unspecified atom stereocenters. The van der Waals surface area contributed by atoms with Crippen LogP contribution in [0, 0.1) is 25.2 Å². The van der Waals surface area contributed by atoms with Gasteiger partial charge in [0, 0.05) is 30.7 Å². The molecule has 3 aromatic carbocycles. The zero-order chi connectivity index (χ0) is 30.3. The minimum atomic E-state index is -0.538. The molecule has 1 aliphatic heterocycles. The number of benzene rings is 3. The lowest BCUT2D eigenvalue weighted by atomic mass is 9.99. The van der Waals surface area contributed by atoms with Crippen LogP contribution in [0.4, 0.5) is 5.95 Å². The number of carbonyl (C=O) groups is 1. The molecular weight excluding hydrogens is 562 g/mol. The smallest absolute Gasteiger partial charge is 0.345 e. The molecule has 8 nitrogen and oxygen atoms in total. The number of hydrogen-bond acceptors (Lipinski definition) is 8. The molecule has 1 fully saturated rings. The van der Waals surface area contributed by atoms with Gasteiger partial charge in [0.25, 0.3) is 0 Å². The van der Waals surface area contributed by atoms with Gasteiger partial charge in [-0.2, -0.15) is 10.2 Å². The first-order valence-corrected chi connectivity index (χ1v) is 14.8. The maximum Gasteiger partial charge on any atom is 0.345 e. The van der Waals surface area contributed by atoms with Crippen LogP contribution >= 0.6 is 11.6 Å². The first-order chi connectivity index (χ1) is 20.8. The number of carbonyl (C=O) groups excluding carboxylic acids is 1. The normalized spacial score (nSPS) is 13.7. The van der Waals surface area contributed by atoms with E-state index in [1.807, 2.05) is 50.2 Å². The van der Waals surface area contributed by atoms with Gasteiger partial charge in [-0.25, -0.2) is 9.78 Å². The first kappa shape index (κ1) is 30.0. The van der Waals surface area contributed by atoms with E-state index in [-0.39, 0.29) is 24.1 Å². The number of ether oxygens (including phenoxy) is 2. The van der Waals surface area contributed by atoms with E-state index >= 15 is 0 Å². The van der Waals surface area contributed by atoms with E-state index in [1.54, 1.807) is 19.1 Å². The van der Waals surface area contributed by atoms with E-state index in [0.717, 1.165) is 59.8 Å². The Kier molecular flexibility index (Phi) is 9.55. The van der Waals surface area contributed by atoms with Crippen molar-refractivity contribution in [3.63, 3.8) is 0 Å². The molecule has 1 saturated heterocycles. The Morgan fingerprint density at radius 1 is 1.05 bits per heavy atom. The van der Waals surface area contributed by atoms with Gasteiger partial charge in [-0.15, -0.1) is 0 Å². The van der Waals surface area contributed by atoms with Gasteiger partial charge in [-0.05, 0) is 97.8 Å². The van der Waals surface area contributed by atoms with Gasteiger partial charge < -0.3 is 14.8 Å². The molecule has 5 rings (SSSR count). The number of likely N-dealkylation sites (tertiary alicyclic amines) is 1. The van der Waals surface area contributed by atoms with Crippen molar-refractivity contribution in [3.05, 3.63) is 99.7 Å². The molecule has 1 aromatic heterocycles. The van der Waals surface area contributed by atoms with Gasteiger partial charge in [-0.1, -0.05) is 35.9 Å². The van der Waals surface area contributed by atoms with Crippen LogP contribution in [0.25, 0.3) is 11.1 Å². The summed E-state index contributed by atoms with van der Waals surface area (Å²) in [5, 5.41) is 13.3. The second-order valence-electron chi connectivity index (χ2n) is 10.7. The number of aromatic nitrogens is 2. The van der Waals surface area contributed by atoms with Gasteiger partial charge in [-0.3, -0.25) is 4.90 Å². The van der Waals surface area contributed by atoms with Crippen molar-refractivity contribution in [2.24, 2.45) is 0 Å². The van der Waals surface area contributed by atoms with Crippen molar-refractivity contribution in [1.82, 2.24) is 14.9 Å². The lowest BCUT2D eigenvalue weighted by molar-refractivity contribution is 0.0522. The molecule has 9 heteroatoms. The van der Waals surface area contributed by atoms with Crippen molar-refractivity contribution >= 4 is 23.5 Å². The second kappa shape index (κ2) is 13.7. The number of aryl methyl sites for hydroxylation is 2. The van der Waals surface area contributed by atoms with Crippen LogP contribution in [0.5, 0.6) is 11.6 Å². The number of nitrogens with zero attached hydrogens (tertiary/aromatic N) is 4. The Bertz CT molecular complexity index is 1600. The summed E-state index contributed by atoms with van der Waals surface area (Å²) >= 11 is 6.03. The Balaban J connectivity index is 1.32. The lowest BCUT2D eigenvalue weighted by Gasteiger charge is -2.32. The maximum absolute atomic E-state index is 12.8. The number of halogens is 1. The highest BCUT2D eigenvalue weighted by atomic mass is 35.5. The van der Waals surface area contributed by atoms with Crippen LogP contribution in [0.1, 0.15) is 52.4 Å². The van der Waals surface area contributed by atoms with Gasteiger partial charge in [0.2, 0.25) is 11.8 Å². The highest BCUT2D eigenvalue weighted by Crippen LogP contribution is 2.34. The minimum Gasteiger partial charge on any atom is -0.462 e. The van der Waals surface area contributed by atoms with Gasteiger partial charge in [0.1, 0.15) is 11.3 Å². The molecule has 0 aliphatic carbocycles. The third kappa shape index (κ3) is 7.50. The number of nitriles is 1. The number of hydrogen-bond donors (Lipinski definition) is 1. The SMILES string of the molecule is CCOC(=O)c1cnc(NC2CCN(Cc3ccc(Cl)cc3)CC2)nc1Oc1c(C)cc(-c2ccc(C#N)cc2)cc1C. The van der Waals surface area contributed by atoms with Gasteiger partial charge in [0.05, 0.1) is 24.4 Å². The average Bonchev–Trinajstić information content (AvgIpc) is 3.01. The van der Waals surface area contributed by atoms with E-state index < -0.39 is 5.97 Å². The highest BCUT2D eigenvalue weighted by Gasteiger charge is 2.23. The summed E-state index contributed by atoms with van der Waals surface area (Å²) in [5.41, 5.74) is 5.79. The Hall–Kier alpha value is -4.45. The molecule has 1 aliphatic rings. The second-order valence-corrected chi connectivity index (χ2v) is 11.1. The molecule has 1 N–H and O–H groups in total. The number of piperidine rings is 1. The van der Waals surface area contributed by atoms with Crippen LogP contribution in [0.2, 0.25) is 5.02 Å². The third-order valence-corrected chi connectivity index (χ3v) is 7.75. The largest absolute Gasteiger partial charge is 0.462 e. The Morgan fingerprint density at radius 2 is 1.72 bits per heavy atom. The minimum absolute atomic E-state index is 0.147. The van der Waals surface area contributed by atoms with E-state index in [9.17, 15) is 4.79 Å². The summed E-state index contributed by atoms with van der Waals surface area (Å²) in [7, 11) is 0. The highest BCUT2D eigenvalue weighted by molar-refractivity contribution is 6.30. The molecule has 0 amide bonds. The molecule has 43 heavy (non-hydrogen) atoms. The van der Waals surface area contributed by atoms with E-state index in [2.05, 4.69) is 38.4 Å². The third-order valence-electron chi connectivity index (χ3n) is 7.50. The molecule has 0 radical (unpaired) electrons. The predicted octanol–water partition coefficient (Wildman–Crippen LogP) is 7.33. The quantitative estimate of drug-likeness (QED) is 0.201. The molecule has 0 saturated carbocycles. The maximum atomic E-state index is 12.8. The van der Waals surface area contributed by atoms with Crippen LogP contribution in [-0.4, -0.2) is 46.6 Å². The molecule has 2 heterocycles. The van der Waals surface area contributed by atoms with Crippen LogP contribution in [-0.2, 0) is 11.3 Å². The van der Waals surface area contributed by atoms with Crippen LogP contribution < -0.4 is 10.1 Å². The predicted molar refractivity (Wildman–Crippen MR) is 168 cm³/mol. The lowest BCUT2D eigenvalue weighted by Crippen LogP contribution is -2.39. The van der Waals surface area contributed by atoms with Crippen molar-refractivity contribution in [1.29, 1.82) is 5.26 Å². The number of nitrogens with one attached hydrogen (secondary N) is 1. The van der Waals surface area contributed by atoms with Crippen molar-refractivity contribution in [2.45, 2.75) is 46.2 Å². The van der Waals surface area contributed by atoms with Crippen LogP contribution in [0.15, 0.2) is 66.9 Å². The molecule has 220 valence electrons. The molecular formula is C34H34ClN5O3. The van der Waals surface area contributed by atoms with E-state index in [0.29, 0.717) is 17.3 Å². The van der Waals surface area contributed by atoms with Crippen molar-refractivity contribution < 1.29 is 14.3 Å². The summed E-state index contributed by atoms with van der Waals surface area (Å²) in [6.07, 6.45) is 3.33. The van der Waals surface area contributed by atoms with Gasteiger partial charge in [0.15, 0.2) is 0 Å². The average molecular weight is 596 g/mol. The molecule has 0 atom stereocenters. The summed E-state index contributed by atoms with van der Waals surface area (Å²) < 4.78 is 11.6. The Morgan fingerprint density at radius 3 is 2.35 bits per heavy atom. The fourth-order valence-corrected chi connectivity index (χ4v) is 5.37. The standard InChI is InChI=1S/C34H34ClN5O3/c1-4-42-33(41)30-20-37-34(38-29-13-15-40(16-14-29)21-25-7-11-28(35)12-8-25)39-32(30)43-31-22(2)17-27(18-23(31)3)26-9-5-24(19-36)6-10-26/h5-12,17-18,20,29H,4,13-16,21H2,1-3H3,(H,37,38,39). The van der Waals surface area contributed by atoms with Crippen molar-refractivity contribution in [3.8, 4) is 28.8 Å².